The minimum atomic E-state index is 0.0435. The molecule has 2 fully saturated rings. The van der Waals surface area contributed by atoms with Crippen molar-refractivity contribution in [2.24, 2.45) is 0 Å². The quantitative estimate of drug-likeness (QED) is 0.824. The number of piperidine rings is 1. The fourth-order valence-electron chi connectivity index (χ4n) is 3.77. The Morgan fingerprint density at radius 2 is 1.88 bits per heavy atom. The standard InChI is InChI=1S/C20H28N4O2/c1-16-21-20(24(22-16)14-19-15-25-11-12-26-19)18-7-5-17(6-8-18)13-23-9-3-2-4-10-23/h5-8,19H,2-4,9-15H2,1H3/t19-/m0/s1. The minimum Gasteiger partial charge on any atom is -0.376 e. The highest BCUT2D eigenvalue weighted by atomic mass is 16.6. The molecule has 1 aromatic carbocycles. The van der Waals surface area contributed by atoms with E-state index in [1.807, 2.05) is 11.6 Å². The van der Waals surface area contributed by atoms with Gasteiger partial charge in [-0.05, 0) is 38.4 Å². The summed E-state index contributed by atoms with van der Waals surface area (Å²) in [6.45, 7) is 8.04. The molecule has 140 valence electrons. The second kappa shape index (κ2) is 8.29. The summed E-state index contributed by atoms with van der Waals surface area (Å²) >= 11 is 0. The lowest BCUT2D eigenvalue weighted by molar-refractivity contribution is -0.0945. The Bertz CT molecular complexity index is 701. The highest BCUT2D eigenvalue weighted by Crippen LogP contribution is 2.21. The molecule has 0 aliphatic carbocycles. The molecule has 6 heteroatoms. The van der Waals surface area contributed by atoms with E-state index in [1.165, 1.54) is 37.9 Å². The smallest absolute Gasteiger partial charge is 0.158 e. The maximum atomic E-state index is 5.77. The molecule has 0 N–H and O–H groups in total. The van der Waals surface area contributed by atoms with E-state index < -0.39 is 0 Å². The third kappa shape index (κ3) is 4.31. The first kappa shape index (κ1) is 17.6. The van der Waals surface area contributed by atoms with Gasteiger partial charge in [0.15, 0.2) is 5.82 Å². The molecule has 0 unspecified atom stereocenters. The van der Waals surface area contributed by atoms with Crippen molar-refractivity contribution < 1.29 is 9.47 Å². The fourth-order valence-corrected chi connectivity index (χ4v) is 3.77. The summed E-state index contributed by atoms with van der Waals surface area (Å²) < 4.78 is 13.2. The van der Waals surface area contributed by atoms with E-state index in [0.29, 0.717) is 26.4 Å². The zero-order chi connectivity index (χ0) is 17.8. The van der Waals surface area contributed by atoms with Crippen LogP contribution in [-0.2, 0) is 22.6 Å². The zero-order valence-corrected chi connectivity index (χ0v) is 15.6. The van der Waals surface area contributed by atoms with Gasteiger partial charge in [-0.2, -0.15) is 5.10 Å². The third-order valence-corrected chi connectivity index (χ3v) is 5.11. The molecule has 2 aromatic rings. The van der Waals surface area contributed by atoms with E-state index in [9.17, 15) is 0 Å². The van der Waals surface area contributed by atoms with Crippen LogP contribution in [0, 0.1) is 6.92 Å². The maximum absolute atomic E-state index is 5.77. The van der Waals surface area contributed by atoms with Gasteiger partial charge in [-0.25, -0.2) is 9.67 Å². The van der Waals surface area contributed by atoms with Gasteiger partial charge in [0.05, 0.1) is 26.4 Å². The first-order valence-electron chi connectivity index (χ1n) is 9.70. The number of ether oxygens (including phenoxy) is 2. The number of hydrogen-bond donors (Lipinski definition) is 0. The van der Waals surface area contributed by atoms with Gasteiger partial charge in [0.25, 0.3) is 0 Å². The summed E-state index contributed by atoms with van der Waals surface area (Å²) in [5.74, 6) is 1.69. The molecule has 0 spiro atoms. The number of aromatic nitrogens is 3. The normalized spacial score (nSPS) is 21.8. The van der Waals surface area contributed by atoms with Crippen LogP contribution in [0.2, 0.25) is 0 Å². The molecule has 2 aliphatic heterocycles. The molecule has 6 nitrogen and oxygen atoms in total. The van der Waals surface area contributed by atoms with E-state index >= 15 is 0 Å². The van der Waals surface area contributed by atoms with Gasteiger partial charge < -0.3 is 9.47 Å². The van der Waals surface area contributed by atoms with Gasteiger partial charge >= 0.3 is 0 Å². The van der Waals surface area contributed by atoms with Crippen LogP contribution < -0.4 is 0 Å². The molecule has 0 saturated carbocycles. The zero-order valence-electron chi connectivity index (χ0n) is 15.6. The monoisotopic (exact) mass is 356 g/mol. The van der Waals surface area contributed by atoms with Gasteiger partial charge in [-0.3, -0.25) is 4.90 Å². The van der Waals surface area contributed by atoms with Gasteiger partial charge in [0, 0.05) is 12.1 Å². The van der Waals surface area contributed by atoms with Crippen molar-refractivity contribution in [1.82, 2.24) is 19.7 Å². The Balaban J connectivity index is 1.46. The summed E-state index contributed by atoms with van der Waals surface area (Å²) in [4.78, 5) is 7.18. The summed E-state index contributed by atoms with van der Waals surface area (Å²) in [6.07, 6.45) is 4.07. The molecule has 1 aromatic heterocycles. The van der Waals surface area contributed by atoms with Crippen LogP contribution in [0.5, 0.6) is 0 Å². The molecular formula is C20H28N4O2. The van der Waals surface area contributed by atoms with Crippen LogP contribution in [0.15, 0.2) is 24.3 Å². The van der Waals surface area contributed by atoms with Crippen LogP contribution in [-0.4, -0.2) is 58.7 Å². The largest absolute Gasteiger partial charge is 0.376 e. The van der Waals surface area contributed by atoms with Crippen molar-refractivity contribution in [3.05, 3.63) is 35.7 Å². The highest BCUT2D eigenvalue weighted by molar-refractivity contribution is 5.55. The van der Waals surface area contributed by atoms with Crippen LogP contribution in [0.3, 0.4) is 0 Å². The number of hydrogen-bond acceptors (Lipinski definition) is 5. The summed E-state index contributed by atoms with van der Waals surface area (Å²) in [7, 11) is 0. The third-order valence-electron chi connectivity index (χ3n) is 5.11. The van der Waals surface area contributed by atoms with Crippen molar-refractivity contribution in [3.8, 4) is 11.4 Å². The van der Waals surface area contributed by atoms with E-state index in [-0.39, 0.29) is 6.10 Å². The van der Waals surface area contributed by atoms with Gasteiger partial charge in [-0.15, -0.1) is 0 Å². The number of benzene rings is 1. The Hall–Kier alpha value is -1.76. The minimum absolute atomic E-state index is 0.0435. The maximum Gasteiger partial charge on any atom is 0.158 e. The van der Waals surface area contributed by atoms with Crippen molar-refractivity contribution in [1.29, 1.82) is 0 Å². The number of aryl methyl sites for hydroxylation is 1. The molecule has 26 heavy (non-hydrogen) atoms. The molecule has 0 radical (unpaired) electrons. The lowest BCUT2D eigenvalue weighted by Gasteiger charge is -2.26. The van der Waals surface area contributed by atoms with Gasteiger partial charge in [0.2, 0.25) is 0 Å². The Morgan fingerprint density at radius 1 is 1.08 bits per heavy atom. The molecule has 2 aliphatic rings. The van der Waals surface area contributed by atoms with Crippen molar-refractivity contribution in [2.45, 2.75) is 45.4 Å². The molecule has 1 atom stereocenters. The first-order chi connectivity index (χ1) is 12.8. The predicted molar refractivity (Wildman–Crippen MR) is 99.9 cm³/mol. The van der Waals surface area contributed by atoms with Gasteiger partial charge in [-0.1, -0.05) is 30.7 Å². The van der Waals surface area contributed by atoms with Crippen molar-refractivity contribution in [2.75, 3.05) is 32.9 Å². The number of likely N-dealkylation sites (tertiary alicyclic amines) is 1. The topological polar surface area (TPSA) is 52.4 Å². The average Bonchev–Trinajstić information content (AvgIpc) is 3.04. The Kier molecular flexibility index (Phi) is 5.62. The second-order valence-corrected chi connectivity index (χ2v) is 7.27. The summed E-state index contributed by atoms with van der Waals surface area (Å²) in [6, 6.07) is 8.77. The lowest BCUT2D eigenvalue weighted by Crippen LogP contribution is -2.32. The van der Waals surface area contributed by atoms with E-state index in [0.717, 1.165) is 23.8 Å². The van der Waals surface area contributed by atoms with Crippen LogP contribution in [0.4, 0.5) is 0 Å². The molecule has 0 bridgehead atoms. The number of rotatable bonds is 5. The summed E-state index contributed by atoms with van der Waals surface area (Å²) in [5.41, 5.74) is 2.46. The highest BCUT2D eigenvalue weighted by Gasteiger charge is 2.19. The van der Waals surface area contributed by atoms with Crippen molar-refractivity contribution >= 4 is 0 Å². The van der Waals surface area contributed by atoms with Crippen molar-refractivity contribution in [3.63, 3.8) is 0 Å². The van der Waals surface area contributed by atoms with Gasteiger partial charge in [0.1, 0.15) is 11.9 Å². The first-order valence-corrected chi connectivity index (χ1v) is 9.70. The molecule has 4 rings (SSSR count). The predicted octanol–water partition coefficient (Wildman–Crippen LogP) is 2.65. The SMILES string of the molecule is Cc1nc(-c2ccc(CN3CCCCC3)cc2)n(C[C@H]2COCCO2)n1. The molecular weight excluding hydrogens is 328 g/mol. The van der Waals surface area contributed by atoms with E-state index in [4.69, 9.17) is 9.47 Å². The second-order valence-electron chi connectivity index (χ2n) is 7.27. The van der Waals surface area contributed by atoms with Crippen LogP contribution in [0.25, 0.3) is 11.4 Å². The average molecular weight is 356 g/mol. The van der Waals surface area contributed by atoms with E-state index in [2.05, 4.69) is 39.2 Å². The molecule has 0 amide bonds. The van der Waals surface area contributed by atoms with E-state index in [1.54, 1.807) is 0 Å². The van der Waals surface area contributed by atoms with Crippen LogP contribution in [0.1, 0.15) is 30.7 Å². The lowest BCUT2D eigenvalue weighted by atomic mass is 10.1. The Morgan fingerprint density at radius 3 is 2.62 bits per heavy atom. The molecule has 2 saturated heterocycles. The molecule has 3 heterocycles. The number of nitrogens with zero attached hydrogens (tertiary/aromatic N) is 4. The Labute approximate surface area is 155 Å². The summed E-state index contributed by atoms with van der Waals surface area (Å²) in [5, 5.41) is 4.56. The van der Waals surface area contributed by atoms with Crippen LogP contribution >= 0.6 is 0 Å². The fraction of sp³-hybridized carbons (Fsp3) is 0.600.